The molecule has 0 saturated carbocycles. The van der Waals surface area contributed by atoms with Crippen molar-refractivity contribution >= 4 is 29.1 Å². The van der Waals surface area contributed by atoms with E-state index in [0.717, 1.165) is 25.1 Å². The van der Waals surface area contributed by atoms with Crippen LogP contribution in [0.2, 0.25) is 5.15 Å². The molecule has 1 aromatic heterocycles. The third-order valence-electron chi connectivity index (χ3n) is 4.33. The number of benzene rings is 1. The third kappa shape index (κ3) is 4.46. The number of rotatable bonds is 5. The van der Waals surface area contributed by atoms with Crippen molar-refractivity contribution in [3.63, 3.8) is 0 Å². The zero-order valence-electron chi connectivity index (χ0n) is 14.2. The minimum Gasteiger partial charge on any atom is -0.338 e. The molecule has 1 aliphatic rings. The van der Waals surface area contributed by atoms with Crippen molar-refractivity contribution in [3.8, 4) is 0 Å². The minimum atomic E-state index is -0.281. The zero-order chi connectivity index (χ0) is 18.5. The summed E-state index contributed by atoms with van der Waals surface area (Å²) in [6.07, 6.45) is 6.14. The first-order valence-electron chi connectivity index (χ1n) is 8.34. The van der Waals surface area contributed by atoms with E-state index in [9.17, 15) is 9.59 Å². The summed E-state index contributed by atoms with van der Waals surface area (Å²) < 4.78 is 0. The highest BCUT2D eigenvalue weighted by Crippen LogP contribution is 2.22. The Morgan fingerprint density at radius 3 is 2.69 bits per heavy atom. The Morgan fingerprint density at radius 1 is 1.27 bits per heavy atom. The summed E-state index contributed by atoms with van der Waals surface area (Å²) in [7, 11) is 0. The van der Waals surface area contributed by atoms with Crippen molar-refractivity contribution in [1.82, 2.24) is 14.9 Å². The van der Waals surface area contributed by atoms with Gasteiger partial charge in [-0.25, -0.2) is 4.98 Å². The van der Waals surface area contributed by atoms with E-state index in [1.54, 1.807) is 36.7 Å². The van der Waals surface area contributed by atoms with Crippen LogP contribution in [0.1, 0.15) is 22.5 Å². The number of carbonyl (C=O) groups excluding carboxylic acids is 2. The quantitative estimate of drug-likeness (QED) is 0.821. The van der Waals surface area contributed by atoms with Gasteiger partial charge in [0.2, 0.25) is 5.91 Å². The second-order valence-electron chi connectivity index (χ2n) is 6.21. The Bertz CT molecular complexity index is 805. The van der Waals surface area contributed by atoms with Crippen LogP contribution in [0.25, 0.3) is 0 Å². The average molecular weight is 371 g/mol. The maximum absolute atomic E-state index is 12.7. The molecule has 2 amide bonds. The highest BCUT2D eigenvalue weighted by Gasteiger charge is 2.27. The second kappa shape index (κ2) is 8.10. The molecule has 1 atom stereocenters. The number of nitrogens with zero attached hydrogens (tertiary/aromatic N) is 3. The van der Waals surface area contributed by atoms with E-state index in [1.807, 2.05) is 4.90 Å². The molecule has 134 valence electrons. The van der Waals surface area contributed by atoms with Gasteiger partial charge in [-0.1, -0.05) is 18.2 Å². The van der Waals surface area contributed by atoms with E-state index >= 15 is 0 Å². The van der Waals surface area contributed by atoms with Gasteiger partial charge in [-0.15, -0.1) is 0 Å². The summed E-state index contributed by atoms with van der Waals surface area (Å²) in [5, 5.41) is 3.04. The van der Waals surface area contributed by atoms with Crippen molar-refractivity contribution < 1.29 is 9.59 Å². The lowest BCUT2D eigenvalue weighted by atomic mass is 10.0. The molecular weight excluding hydrogens is 352 g/mol. The molecule has 6 nitrogen and oxygen atoms in total. The molecule has 0 aliphatic carbocycles. The molecule has 1 aliphatic heterocycles. The number of amides is 2. The van der Waals surface area contributed by atoms with E-state index in [0.29, 0.717) is 28.9 Å². The Morgan fingerprint density at radius 2 is 2.04 bits per heavy atom. The van der Waals surface area contributed by atoms with Gasteiger partial charge in [0.05, 0.1) is 18.1 Å². The fraction of sp³-hybridized carbons (Fsp3) is 0.263. The highest BCUT2D eigenvalue weighted by atomic mass is 35.5. The number of nitrogens with one attached hydrogen (secondary N) is 1. The molecule has 0 spiro atoms. The molecule has 1 saturated heterocycles. The SMILES string of the molecule is C=CC(=O)Nc1ccc(C(=O)N2CC[C@@H](Cc3cnc(Cl)cn3)C2)cc1. The number of carbonyl (C=O) groups is 2. The van der Waals surface area contributed by atoms with Crippen LogP contribution >= 0.6 is 11.6 Å². The lowest BCUT2D eigenvalue weighted by Gasteiger charge is -2.17. The molecule has 2 heterocycles. The predicted octanol–water partition coefficient (Wildman–Crippen LogP) is 2.96. The molecular formula is C19H19ClN4O2. The van der Waals surface area contributed by atoms with Crippen LogP contribution in [0.4, 0.5) is 5.69 Å². The first-order chi connectivity index (χ1) is 12.5. The van der Waals surface area contributed by atoms with Gasteiger partial charge in [0, 0.05) is 24.3 Å². The first kappa shape index (κ1) is 18.1. The predicted molar refractivity (Wildman–Crippen MR) is 100 cm³/mol. The van der Waals surface area contributed by atoms with Gasteiger partial charge in [0.25, 0.3) is 5.91 Å². The summed E-state index contributed by atoms with van der Waals surface area (Å²) in [6.45, 7) is 4.82. The van der Waals surface area contributed by atoms with E-state index < -0.39 is 0 Å². The van der Waals surface area contributed by atoms with Gasteiger partial charge in [0.15, 0.2) is 0 Å². The molecule has 3 rings (SSSR count). The van der Waals surface area contributed by atoms with Crippen molar-refractivity contribution in [3.05, 3.63) is 65.7 Å². The molecule has 0 radical (unpaired) electrons. The van der Waals surface area contributed by atoms with E-state index in [1.165, 1.54) is 6.08 Å². The molecule has 1 fully saturated rings. The van der Waals surface area contributed by atoms with Crippen LogP contribution in [0, 0.1) is 5.92 Å². The summed E-state index contributed by atoms with van der Waals surface area (Å²) >= 11 is 5.75. The number of aromatic nitrogens is 2. The Labute approximate surface area is 156 Å². The molecule has 1 N–H and O–H groups in total. The number of anilines is 1. The maximum atomic E-state index is 12.7. The van der Waals surface area contributed by atoms with E-state index in [-0.39, 0.29) is 11.8 Å². The van der Waals surface area contributed by atoms with Crippen LogP contribution in [0.3, 0.4) is 0 Å². The molecule has 7 heteroatoms. The largest absolute Gasteiger partial charge is 0.338 e. The molecule has 26 heavy (non-hydrogen) atoms. The Kier molecular flexibility index (Phi) is 5.63. The Balaban J connectivity index is 1.57. The number of halogens is 1. The number of likely N-dealkylation sites (tertiary alicyclic amines) is 1. The van der Waals surface area contributed by atoms with Crippen LogP contribution < -0.4 is 5.32 Å². The monoisotopic (exact) mass is 370 g/mol. The molecule has 0 unspecified atom stereocenters. The summed E-state index contributed by atoms with van der Waals surface area (Å²) in [5.74, 6) is 0.0774. The van der Waals surface area contributed by atoms with Crippen molar-refractivity contribution in [2.75, 3.05) is 18.4 Å². The Hall–Kier alpha value is -2.73. The van der Waals surface area contributed by atoms with Gasteiger partial charge in [-0.2, -0.15) is 0 Å². The average Bonchev–Trinajstić information content (AvgIpc) is 3.12. The van der Waals surface area contributed by atoms with Crippen LogP contribution in [0.5, 0.6) is 0 Å². The van der Waals surface area contributed by atoms with Gasteiger partial charge >= 0.3 is 0 Å². The van der Waals surface area contributed by atoms with Crippen molar-refractivity contribution in [1.29, 1.82) is 0 Å². The van der Waals surface area contributed by atoms with E-state index in [4.69, 9.17) is 11.6 Å². The van der Waals surface area contributed by atoms with Crippen molar-refractivity contribution in [2.45, 2.75) is 12.8 Å². The highest BCUT2D eigenvalue weighted by molar-refractivity contribution is 6.29. The lowest BCUT2D eigenvalue weighted by Crippen LogP contribution is -2.29. The minimum absolute atomic E-state index is 0.00344. The van der Waals surface area contributed by atoms with Gasteiger partial charge in [-0.05, 0) is 49.1 Å². The van der Waals surface area contributed by atoms with Gasteiger partial charge in [-0.3, -0.25) is 14.6 Å². The summed E-state index contributed by atoms with van der Waals surface area (Å²) in [6, 6.07) is 6.87. The molecule has 2 aromatic rings. The molecule has 1 aromatic carbocycles. The van der Waals surface area contributed by atoms with Crippen molar-refractivity contribution in [2.24, 2.45) is 5.92 Å². The van der Waals surface area contributed by atoms with Gasteiger partial charge in [0.1, 0.15) is 5.15 Å². The number of hydrogen-bond donors (Lipinski definition) is 1. The second-order valence-corrected chi connectivity index (χ2v) is 6.60. The topological polar surface area (TPSA) is 75.2 Å². The van der Waals surface area contributed by atoms with Crippen LogP contribution in [-0.4, -0.2) is 39.8 Å². The zero-order valence-corrected chi connectivity index (χ0v) is 14.9. The summed E-state index contributed by atoms with van der Waals surface area (Å²) in [4.78, 5) is 34.1. The lowest BCUT2D eigenvalue weighted by molar-refractivity contribution is -0.111. The maximum Gasteiger partial charge on any atom is 0.253 e. The van der Waals surface area contributed by atoms with Crippen LogP contribution in [-0.2, 0) is 11.2 Å². The van der Waals surface area contributed by atoms with Crippen LogP contribution in [0.15, 0.2) is 49.3 Å². The standard InChI is InChI=1S/C19H19ClN4O2/c1-2-18(25)23-15-5-3-14(4-6-15)19(26)24-8-7-13(12-24)9-16-10-22-17(20)11-21-16/h2-6,10-11,13H,1,7-9,12H2,(H,23,25)/t13-/m0/s1. The fourth-order valence-electron chi connectivity index (χ4n) is 3.00. The fourth-order valence-corrected chi connectivity index (χ4v) is 3.09. The number of hydrogen-bond acceptors (Lipinski definition) is 4. The smallest absolute Gasteiger partial charge is 0.253 e. The van der Waals surface area contributed by atoms with Gasteiger partial charge < -0.3 is 10.2 Å². The summed E-state index contributed by atoms with van der Waals surface area (Å²) in [5.41, 5.74) is 2.12. The molecule has 0 bridgehead atoms. The van der Waals surface area contributed by atoms with E-state index in [2.05, 4.69) is 21.9 Å². The third-order valence-corrected chi connectivity index (χ3v) is 4.52. The normalized spacial score (nSPS) is 16.3. The first-order valence-corrected chi connectivity index (χ1v) is 8.72.